The van der Waals surface area contributed by atoms with Gasteiger partial charge in [0.2, 0.25) is 0 Å². The predicted octanol–water partition coefficient (Wildman–Crippen LogP) is 8.13. The maximum atomic E-state index is 12.2. The largest absolute Gasteiger partial charge is 0.573 e. The summed E-state index contributed by atoms with van der Waals surface area (Å²) in [4.78, 5) is 0. The molecule has 1 aromatic rings. The third kappa shape index (κ3) is 7.56. The summed E-state index contributed by atoms with van der Waals surface area (Å²) in [6.07, 6.45) is 11.5. The summed E-state index contributed by atoms with van der Waals surface area (Å²) in [6.45, 7) is 2.28. The first-order valence-electron chi connectivity index (χ1n) is 11.8. The van der Waals surface area contributed by atoms with Crippen LogP contribution in [-0.4, -0.2) is 6.36 Å². The summed E-state index contributed by atoms with van der Waals surface area (Å²) in [5.41, 5.74) is 0.744. The zero-order valence-electron chi connectivity index (χ0n) is 18.1. The molecule has 2 saturated carbocycles. The van der Waals surface area contributed by atoms with Crippen molar-refractivity contribution in [2.24, 2.45) is 23.7 Å². The van der Waals surface area contributed by atoms with Gasteiger partial charge in [-0.3, -0.25) is 0 Å². The van der Waals surface area contributed by atoms with Gasteiger partial charge in [-0.25, -0.2) is 0 Å². The number of alkyl halides is 3. The number of unbranched alkanes of at least 4 members (excludes halogenated alkanes) is 2. The average molecular weight is 421 g/mol. The quantitative estimate of drug-likeness (QED) is 0.333. The Morgan fingerprint density at radius 3 is 2.03 bits per heavy atom. The van der Waals surface area contributed by atoms with Gasteiger partial charge in [0.1, 0.15) is 5.75 Å². The highest BCUT2D eigenvalue weighted by Gasteiger charge is 2.31. The molecule has 0 atom stereocenters. The van der Waals surface area contributed by atoms with Crippen molar-refractivity contribution < 1.29 is 17.9 Å². The number of hydrogen-bond donors (Lipinski definition) is 0. The number of rotatable bonds is 6. The minimum absolute atomic E-state index is 0.200. The van der Waals surface area contributed by atoms with E-state index in [-0.39, 0.29) is 5.75 Å². The zero-order valence-corrected chi connectivity index (χ0v) is 18.1. The molecule has 2 fully saturated rings. The summed E-state index contributed by atoms with van der Waals surface area (Å²) in [5, 5.41) is 0. The van der Waals surface area contributed by atoms with E-state index in [1.54, 1.807) is 12.1 Å². The van der Waals surface area contributed by atoms with Crippen molar-refractivity contribution in [3.8, 4) is 17.6 Å². The molecule has 2 aliphatic carbocycles. The third-order valence-electron chi connectivity index (χ3n) is 7.05. The van der Waals surface area contributed by atoms with Crippen LogP contribution in [0.1, 0.15) is 89.5 Å². The Labute approximate surface area is 179 Å². The average Bonchev–Trinajstić information content (AvgIpc) is 2.73. The lowest BCUT2D eigenvalue weighted by Crippen LogP contribution is -2.25. The van der Waals surface area contributed by atoms with E-state index in [4.69, 9.17) is 0 Å². The first-order valence-corrected chi connectivity index (χ1v) is 11.8. The molecule has 0 bridgehead atoms. The lowest BCUT2D eigenvalue weighted by atomic mass is 9.69. The van der Waals surface area contributed by atoms with Crippen LogP contribution in [-0.2, 0) is 0 Å². The molecule has 30 heavy (non-hydrogen) atoms. The molecule has 0 unspecified atom stereocenters. The van der Waals surface area contributed by atoms with Crippen molar-refractivity contribution in [1.82, 2.24) is 0 Å². The minimum atomic E-state index is -4.65. The molecular formula is C26H35F3O. The van der Waals surface area contributed by atoms with Crippen LogP contribution in [0.25, 0.3) is 0 Å². The lowest BCUT2D eigenvalue weighted by Gasteiger charge is -2.37. The van der Waals surface area contributed by atoms with Gasteiger partial charge in [0.15, 0.2) is 0 Å². The molecule has 1 aromatic carbocycles. The van der Waals surface area contributed by atoms with E-state index in [0.29, 0.717) is 5.92 Å². The minimum Gasteiger partial charge on any atom is -0.406 e. The second-order valence-corrected chi connectivity index (χ2v) is 9.23. The molecule has 4 heteroatoms. The lowest BCUT2D eigenvalue weighted by molar-refractivity contribution is -0.274. The van der Waals surface area contributed by atoms with Crippen molar-refractivity contribution in [3.05, 3.63) is 29.8 Å². The molecule has 0 N–H and O–H groups in total. The topological polar surface area (TPSA) is 9.23 Å². The Hall–Kier alpha value is -1.63. The van der Waals surface area contributed by atoms with E-state index in [0.717, 1.165) is 36.2 Å². The van der Waals surface area contributed by atoms with Gasteiger partial charge in [-0.05, 0) is 80.5 Å². The highest BCUT2D eigenvalue weighted by atomic mass is 19.4. The smallest absolute Gasteiger partial charge is 0.406 e. The van der Waals surface area contributed by atoms with Gasteiger partial charge in [-0.2, -0.15) is 0 Å². The van der Waals surface area contributed by atoms with Gasteiger partial charge in [0, 0.05) is 11.5 Å². The number of hydrogen-bond acceptors (Lipinski definition) is 1. The van der Waals surface area contributed by atoms with Gasteiger partial charge >= 0.3 is 6.36 Å². The van der Waals surface area contributed by atoms with Crippen molar-refractivity contribution in [2.75, 3.05) is 0 Å². The zero-order chi connectivity index (χ0) is 21.4. The van der Waals surface area contributed by atoms with E-state index in [1.165, 1.54) is 76.3 Å². The second-order valence-electron chi connectivity index (χ2n) is 9.23. The molecule has 166 valence electrons. The van der Waals surface area contributed by atoms with Crippen molar-refractivity contribution >= 4 is 0 Å². The van der Waals surface area contributed by atoms with Gasteiger partial charge < -0.3 is 4.74 Å². The van der Waals surface area contributed by atoms with Gasteiger partial charge in [0.25, 0.3) is 0 Å². The molecule has 0 amide bonds. The Morgan fingerprint density at radius 1 is 0.867 bits per heavy atom. The summed E-state index contributed by atoms with van der Waals surface area (Å²) >= 11 is 0. The standard InChI is InChI=1S/C26H35F3O/c1-2-3-4-5-20-8-14-23(15-9-20)24-16-10-21(11-17-24)6-7-22-12-18-25(19-13-22)30-26(27,28)29/h12-13,18-21,23-24H,2-5,8-11,14-17H2,1H3/t20-,21-,23-,24-. The van der Waals surface area contributed by atoms with E-state index < -0.39 is 6.36 Å². The molecule has 0 heterocycles. The fourth-order valence-electron chi connectivity index (χ4n) is 5.29. The maximum absolute atomic E-state index is 12.2. The van der Waals surface area contributed by atoms with Crippen molar-refractivity contribution in [2.45, 2.75) is 90.3 Å². The molecule has 1 nitrogen and oxygen atoms in total. The second kappa shape index (κ2) is 11.1. The molecule has 0 spiro atoms. The Kier molecular flexibility index (Phi) is 8.54. The Balaban J connectivity index is 1.39. The number of ether oxygens (including phenoxy) is 1. The van der Waals surface area contributed by atoms with Crippen molar-refractivity contribution in [1.29, 1.82) is 0 Å². The molecule has 0 radical (unpaired) electrons. The molecular weight excluding hydrogens is 385 g/mol. The van der Waals surface area contributed by atoms with E-state index in [9.17, 15) is 13.2 Å². The van der Waals surface area contributed by atoms with Crippen LogP contribution in [0.5, 0.6) is 5.75 Å². The van der Waals surface area contributed by atoms with E-state index in [1.807, 2.05) is 0 Å². The van der Waals surface area contributed by atoms with Gasteiger partial charge in [0.05, 0.1) is 0 Å². The molecule has 0 aliphatic heterocycles. The monoisotopic (exact) mass is 420 g/mol. The van der Waals surface area contributed by atoms with Crippen LogP contribution < -0.4 is 4.74 Å². The summed E-state index contributed by atoms with van der Waals surface area (Å²) in [7, 11) is 0. The fraction of sp³-hybridized carbons (Fsp3) is 0.692. The predicted molar refractivity (Wildman–Crippen MR) is 115 cm³/mol. The first-order chi connectivity index (χ1) is 14.4. The number of halogens is 3. The third-order valence-corrected chi connectivity index (χ3v) is 7.05. The highest BCUT2D eigenvalue weighted by Crippen LogP contribution is 2.42. The van der Waals surface area contributed by atoms with Gasteiger partial charge in [-0.15, -0.1) is 13.2 Å². The van der Waals surface area contributed by atoms with Crippen LogP contribution in [0.4, 0.5) is 13.2 Å². The maximum Gasteiger partial charge on any atom is 0.573 e. The van der Waals surface area contributed by atoms with Gasteiger partial charge in [-0.1, -0.05) is 57.3 Å². The van der Waals surface area contributed by atoms with E-state index >= 15 is 0 Å². The van der Waals surface area contributed by atoms with E-state index in [2.05, 4.69) is 23.5 Å². The highest BCUT2D eigenvalue weighted by molar-refractivity contribution is 5.38. The molecule has 0 saturated heterocycles. The first kappa shape index (κ1) is 23.0. The van der Waals surface area contributed by atoms with Crippen LogP contribution in [0.3, 0.4) is 0 Å². The molecule has 3 rings (SSSR count). The molecule has 0 aromatic heterocycles. The van der Waals surface area contributed by atoms with Crippen LogP contribution in [0, 0.1) is 35.5 Å². The fourth-order valence-corrected chi connectivity index (χ4v) is 5.29. The Bertz CT molecular complexity index is 682. The summed E-state index contributed by atoms with van der Waals surface area (Å²) in [6, 6.07) is 5.84. The summed E-state index contributed by atoms with van der Waals surface area (Å²) < 4.78 is 40.6. The van der Waals surface area contributed by atoms with Crippen LogP contribution in [0.2, 0.25) is 0 Å². The van der Waals surface area contributed by atoms with Crippen LogP contribution >= 0.6 is 0 Å². The SMILES string of the molecule is CCCCC[C@H]1CC[C@H]([C@H]2CC[C@H](C#Cc3ccc(OC(F)(F)F)cc3)CC2)CC1. The van der Waals surface area contributed by atoms with Crippen LogP contribution in [0.15, 0.2) is 24.3 Å². The molecule has 2 aliphatic rings. The summed E-state index contributed by atoms with van der Waals surface area (Å²) in [5.74, 6) is 9.48. The Morgan fingerprint density at radius 2 is 1.47 bits per heavy atom. The normalized spacial score (nSPS) is 27.2. The van der Waals surface area contributed by atoms with Crippen molar-refractivity contribution in [3.63, 3.8) is 0 Å². The number of benzene rings is 1.